The van der Waals surface area contributed by atoms with Gasteiger partial charge in [-0.25, -0.2) is 0 Å². The van der Waals surface area contributed by atoms with E-state index in [0.717, 1.165) is 12.3 Å². The average molecular weight is 329 g/mol. The minimum atomic E-state index is -0.387. The molecule has 1 aliphatic heterocycles. The molecule has 124 valence electrons. The van der Waals surface area contributed by atoms with Crippen LogP contribution in [0.15, 0.2) is 24.3 Å². The molecular weight excluding hydrogens is 304 g/mol. The van der Waals surface area contributed by atoms with E-state index in [1.807, 2.05) is 18.2 Å². The van der Waals surface area contributed by atoms with Crippen LogP contribution in [-0.4, -0.2) is 44.9 Å². The van der Waals surface area contributed by atoms with E-state index in [1.165, 1.54) is 5.56 Å². The van der Waals surface area contributed by atoms with Gasteiger partial charge in [0, 0.05) is 13.1 Å². The van der Waals surface area contributed by atoms with Gasteiger partial charge in [0.15, 0.2) is 0 Å². The predicted molar refractivity (Wildman–Crippen MR) is 88.9 cm³/mol. The topological polar surface area (TPSA) is 59.6 Å². The van der Waals surface area contributed by atoms with Crippen LogP contribution in [0.2, 0.25) is 0 Å². The Hall–Kier alpha value is -1.30. The van der Waals surface area contributed by atoms with Gasteiger partial charge in [-0.1, -0.05) is 32.0 Å². The molecule has 6 heteroatoms. The van der Waals surface area contributed by atoms with Gasteiger partial charge in [-0.2, -0.15) is 0 Å². The molecule has 1 aromatic carbocycles. The normalized spacial score (nSPS) is 17.7. The van der Waals surface area contributed by atoms with Crippen LogP contribution in [0.5, 0.6) is 5.75 Å². The fraction of sp³-hybridized carbons (Fsp3) is 0.562. The van der Waals surface area contributed by atoms with Gasteiger partial charge in [-0.15, -0.1) is 12.4 Å². The number of ether oxygens (including phenoxy) is 2. The smallest absolute Gasteiger partial charge is 0.250 e. The van der Waals surface area contributed by atoms with Crippen molar-refractivity contribution in [1.29, 1.82) is 0 Å². The van der Waals surface area contributed by atoms with E-state index in [-0.39, 0.29) is 24.4 Å². The Kier molecular flexibility index (Phi) is 8.24. The van der Waals surface area contributed by atoms with Crippen molar-refractivity contribution in [2.45, 2.75) is 25.9 Å². The van der Waals surface area contributed by atoms with E-state index in [0.29, 0.717) is 32.2 Å². The van der Waals surface area contributed by atoms with E-state index in [2.05, 4.69) is 30.5 Å². The highest BCUT2D eigenvalue weighted by molar-refractivity contribution is 5.85. The highest BCUT2D eigenvalue weighted by Crippen LogP contribution is 2.25. The van der Waals surface area contributed by atoms with Gasteiger partial charge >= 0.3 is 0 Å². The van der Waals surface area contributed by atoms with Crippen LogP contribution in [0.25, 0.3) is 0 Å². The Morgan fingerprint density at radius 1 is 1.45 bits per heavy atom. The maximum Gasteiger partial charge on any atom is 0.250 e. The summed E-state index contributed by atoms with van der Waals surface area (Å²) in [6.07, 6.45) is -0.387. The van der Waals surface area contributed by atoms with Crippen LogP contribution in [0, 0.1) is 0 Å². The zero-order chi connectivity index (χ0) is 15.1. The zero-order valence-electron chi connectivity index (χ0n) is 13.1. The van der Waals surface area contributed by atoms with Gasteiger partial charge in [0.05, 0.1) is 13.2 Å². The van der Waals surface area contributed by atoms with Crippen molar-refractivity contribution in [1.82, 2.24) is 10.6 Å². The molecule has 0 saturated carbocycles. The first kappa shape index (κ1) is 18.7. The van der Waals surface area contributed by atoms with Crippen molar-refractivity contribution in [3.05, 3.63) is 29.8 Å². The minimum Gasteiger partial charge on any atom is -0.491 e. The second kappa shape index (κ2) is 9.66. The monoisotopic (exact) mass is 328 g/mol. The summed E-state index contributed by atoms with van der Waals surface area (Å²) in [4.78, 5) is 11.9. The third-order valence-corrected chi connectivity index (χ3v) is 3.42. The van der Waals surface area contributed by atoms with Gasteiger partial charge < -0.3 is 20.1 Å². The molecule has 1 atom stereocenters. The third kappa shape index (κ3) is 5.48. The Morgan fingerprint density at radius 2 is 2.23 bits per heavy atom. The average Bonchev–Trinajstić information content (AvgIpc) is 2.52. The molecule has 1 saturated heterocycles. The van der Waals surface area contributed by atoms with E-state index in [1.54, 1.807) is 0 Å². The van der Waals surface area contributed by atoms with Gasteiger partial charge in [0.25, 0.3) is 5.91 Å². The number of para-hydroxylation sites is 1. The van der Waals surface area contributed by atoms with Gasteiger partial charge in [0.1, 0.15) is 18.5 Å². The van der Waals surface area contributed by atoms with Gasteiger partial charge in [0.2, 0.25) is 0 Å². The highest BCUT2D eigenvalue weighted by Gasteiger charge is 2.21. The van der Waals surface area contributed by atoms with Crippen LogP contribution in [0.1, 0.15) is 25.3 Å². The lowest BCUT2D eigenvalue weighted by Crippen LogP contribution is -2.48. The Balaban J connectivity index is 0.00000242. The molecule has 22 heavy (non-hydrogen) atoms. The summed E-state index contributed by atoms with van der Waals surface area (Å²) in [6, 6.07) is 8.00. The molecule has 1 aliphatic rings. The second-order valence-electron chi connectivity index (χ2n) is 5.40. The molecule has 1 heterocycles. The summed E-state index contributed by atoms with van der Waals surface area (Å²) < 4.78 is 11.2. The number of hydrogen-bond donors (Lipinski definition) is 2. The van der Waals surface area contributed by atoms with Crippen molar-refractivity contribution in [3.63, 3.8) is 0 Å². The molecule has 0 bridgehead atoms. The fourth-order valence-electron chi connectivity index (χ4n) is 2.27. The maximum absolute atomic E-state index is 11.9. The molecular formula is C16H25ClN2O3. The minimum absolute atomic E-state index is 0. The molecule has 0 spiro atoms. The summed E-state index contributed by atoms with van der Waals surface area (Å²) in [5.74, 6) is 1.22. The summed E-state index contributed by atoms with van der Waals surface area (Å²) in [5.41, 5.74) is 1.18. The molecule has 2 N–H and O–H groups in total. The lowest BCUT2D eigenvalue weighted by molar-refractivity contribution is -0.134. The van der Waals surface area contributed by atoms with E-state index < -0.39 is 0 Å². The number of benzene rings is 1. The molecule has 5 nitrogen and oxygen atoms in total. The van der Waals surface area contributed by atoms with Crippen LogP contribution < -0.4 is 15.4 Å². The van der Waals surface area contributed by atoms with E-state index in [9.17, 15) is 4.79 Å². The summed E-state index contributed by atoms with van der Waals surface area (Å²) in [6.45, 7) is 7.16. The second-order valence-corrected chi connectivity index (χ2v) is 5.40. The standard InChI is InChI=1S/C16H24N2O3.ClH/c1-12(2)13-5-3-4-6-14(13)20-10-8-18-16(19)15-11-17-7-9-21-15;/h3-6,12,15,17H,7-11H2,1-2H3,(H,18,19);1H. The quantitative estimate of drug-likeness (QED) is 0.781. The van der Waals surface area contributed by atoms with Crippen molar-refractivity contribution in [3.8, 4) is 5.75 Å². The number of morpholine rings is 1. The number of carbonyl (C=O) groups excluding carboxylic acids is 1. The van der Waals surface area contributed by atoms with Crippen molar-refractivity contribution < 1.29 is 14.3 Å². The molecule has 1 amide bonds. The first-order chi connectivity index (χ1) is 10.2. The number of amides is 1. The molecule has 1 aromatic rings. The largest absolute Gasteiger partial charge is 0.491 e. The zero-order valence-corrected chi connectivity index (χ0v) is 13.9. The number of rotatable bonds is 6. The Morgan fingerprint density at radius 3 is 2.91 bits per heavy atom. The lowest BCUT2D eigenvalue weighted by atomic mass is 10.0. The lowest BCUT2D eigenvalue weighted by Gasteiger charge is -2.22. The number of hydrogen-bond acceptors (Lipinski definition) is 4. The van der Waals surface area contributed by atoms with E-state index in [4.69, 9.17) is 9.47 Å². The molecule has 0 radical (unpaired) electrons. The molecule has 0 aromatic heterocycles. The van der Waals surface area contributed by atoms with E-state index >= 15 is 0 Å². The van der Waals surface area contributed by atoms with Crippen molar-refractivity contribution >= 4 is 18.3 Å². The number of halogens is 1. The first-order valence-corrected chi connectivity index (χ1v) is 7.50. The third-order valence-electron chi connectivity index (χ3n) is 3.42. The van der Waals surface area contributed by atoms with Crippen LogP contribution in [0.4, 0.5) is 0 Å². The highest BCUT2D eigenvalue weighted by atomic mass is 35.5. The molecule has 0 aliphatic carbocycles. The van der Waals surface area contributed by atoms with Crippen molar-refractivity contribution in [2.75, 3.05) is 32.8 Å². The van der Waals surface area contributed by atoms with Gasteiger partial charge in [-0.05, 0) is 17.5 Å². The molecule has 1 fully saturated rings. The van der Waals surface area contributed by atoms with Crippen LogP contribution in [0.3, 0.4) is 0 Å². The summed E-state index contributed by atoms with van der Waals surface area (Å²) in [7, 11) is 0. The fourth-order valence-corrected chi connectivity index (χ4v) is 2.27. The first-order valence-electron chi connectivity index (χ1n) is 7.50. The Labute approximate surface area is 138 Å². The van der Waals surface area contributed by atoms with Gasteiger partial charge in [-0.3, -0.25) is 4.79 Å². The maximum atomic E-state index is 11.9. The SMILES string of the molecule is CC(C)c1ccccc1OCCNC(=O)C1CNCCO1.Cl. The molecule has 2 rings (SSSR count). The number of nitrogens with one attached hydrogen (secondary N) is 2. The molecule has 1 unspecified atom stereocenters. The number of carbonyl (C=O) groups is 1. The summed E-state index contributed by atoms with van der Waals surface area (Å²) in [5, 5.41) is 5.98. The summed E-state index contributed by atoms with van der Waals surface area (Å²) >= 11 is 0. The Bertz CT molecular complexity index is 462. The predicted octanol–water partition coefficient (Wildman–Crippen LogP) is 1.72. The van der Waals surface area contributed by atoms with Crippen molar-refractivity contribution in [2.24, 2.45) is 0 Å². The van der Waals surface area contributed by atoms with Crippen LogP contribution in [-0.2, 0) is 9.53 Å². The van der Waals surface area contributed by atoms with Crippen LogP contribution >= 0.6 is 12.4 Å².